The molecule has 1 fully saturated rings. The Morgan fingerprint density at radius 3 is 2.45 bits per heavy atom. The van der Waals surface area contributed by atoms with Crippen LogP contribution in [0.2, 0.25) is 0 Å². The summed E-state index contributed by atoms with van der Waals surface area (Å²) in [4.78, 5) is 15.6. The minimum Gasteiger partial charge on any atom is -0.392 e. The number of aliphatic hydroxyl groups is 1. The Kier molecular flexibility index (Phi) is 7.82. The number of hydrogen-bond acceptors (Lipinski definition) is 6. The highest BCUT2D eigenvalue weighted by molar-refractivity contribution is 7.99. The molecule has 3 atom stereocenters. The van der Waals surface area contributed by atoms with E-state index in [0.717, 1.165) is 39.6 Å². The number of aliphatic hydroxyl groups excluding tert-OH is 1. The van der Waals surface area contributed by atoms with Crippen molar-refractivity contribution >= 4 is 17.7 Å². The molecule has 2 aromatic carbocycles. The maximum atomic E-state index is 11.2. The fourth-order valence-electron chi connectivity index (χ4n) is 3.70. The van der Waals surface area contributed by atoms with E-state index in [1.807, 2.05) is 66.3 Å². The number of ether oxygens (including phenoxy) is 2. The second-order valence-electron chi connectivity index (χ2n) is 8.13. The summed E-state index contributed by atoms with van der Waals surface area (Å²) in [5.74, 6) is 0.706. The Morgan fingerprint density at radius 1 is 1.12 bits per heavy atom. The van der Waals surface area contributed by atoms with Crippen LogP contribution in [0.15, 0.2) is 66.1 Å². The van der Waals surface area contributed by atoms with E-state index in [9.17, 15) is 9.90 Å². The first kappa shape index (κ1) is 23.5. The molecule has 8 heteroatoms. The van der Waals surface area contributed by atoms with E-state index in [1.165, 1.54) is 6.92 Å². The van der Waals surface area contributed by atoms with Gasteiger partial charge in [0, 0.05) is 50.6 Å². The fraction of sp³-hybridized carbons (Fsp3) is 0.360. The molecule has 0 saturated carbocycles. The highest BCUT2D eigenvalue weighted by Gasteiger charge is 2.32. The van der Waals surface area contributed by atoms with Gasteiger partial charge in [0.25, 0.3) is 0 Å². The van der Waals surface area contributed by atoms with Crippen molar-refractivity contribution < 1.29 is 19.4 Å². The van der Waals surface area contributed by atoms with E-state index < -0.39 is 6.29 Å². The van der Waals surface area contributed by atoms with Crippen LogP contribution in [0, 0.1) is 0 Å². The summed E-state index contributed by atoms with van der Waals surface area (Å²) in [5, 5.41) is 13.1. The Labute approximate surface area is 198 Å². The minimum atomic E-state index is -0.497. The summed E-state index contributed by atoms with van der Waals surface area (Å²) in [5.41, 5.74) is 3.89. The molecule has 7 nitrogen and oxygen atoms in total. The molecule has 3 aromatic rings. The van der Waals surface area contributed by atoms with Gasteiger partial charge in [-0.15, -0.1) is 0 Å². The first-order chi connectivity index (χ1) is 16.0. The first-order valence-corrected chi connectivity index (χ1v) is 11.9. The molecule has 0 unspecified atom stereocenters. The second kappa shape index (κ2) is 11.0. The van der Waals surface area contributed by atoms with Crippen molar-refractivity contribution in [1.82, 2.24) is 14.9 Å². The third-order valence-electron chi connectivity index (χ3n) is 5.58. The Bertz CT molecular complexity index is 1050. The normalized spacial score (nSPS) is 20.5. The smallest absolute Gasteiger partial charge is 0.217 e. The van der Waals surface area contributed by atoms with Gasteiger partial charge in [-0.3, -0.25) is 4.79 Å². The number of nitrogens with one attached hydrogen (secondary N) is 1. The number of aromatic nitrogens is 2. The summed E-state index contributed by atoms with van der Waals surface area (Å²) in [6, 6.07) is 15.8. The number of imidazole rings is 1. The molecule has 0 bridgehead atoms. The van der Waals surface area contributed by atoms with Gasteiger partial charge < -0.3 is 24.5 Å². The van der Waals surface area contributed by atoms with Gasteiger partial charge in [-0.2, -0.15) is 0 Å². The van der Waals surface area contributed by atoms with Crippen LogP contribution in [0.1, 0.15) is 48.0 Å². The van der Waals surface area contributed by atoms with Gasteiger partial charge in [0.05, 0.1) is 18.8 Å². The second-order valence-corrected chi connectivity index (χ2v) is 9.12. The highest BCUT2D eigenvalue weighted by atomic mass is 32.2. The maximum absolute atomic E-state index is 11.2. The number of amides is 1. The molecule has 1 amide bonds. The molecular formula is C25H29N3O4S. The fourth-order valence-corrected chi connectivity index (χ4v) is 4.65. The lowest BCUT2D eigenvalue weighted by Gasteiger charge is -2.36. The van der Waals surface area contributed by atoms with Gasteiger partial charge in [-0.25, -0.2) is 4.98 Å². The maximum Gasteiger partial charge on any atom is 0.217 e. The largest absolute Gasteiger partial charge is 0.392 e. The molecule has 1 aliphatic heterocycles. The SMILES string of the molecule is CC(=O)NCc1ccc([C@H]2O[C@@H](CSc3nccn3C)C[C@@H](c3ccc(CO)cc3)O2)cc1. The zero-order valence-electron chi connectivity index (χ0n) is 18.8. The molecule has 4 rings (SSSR count). The van der Waals surface area contributed by atoms with Gasteiger partial charge in [-0.1, -0.05) is 60.3 Å². The number of thioether (sulfide) groups is 1. The lowest BCUT2D eigenvalue weighted by molar-refractivity contribution is -0.245. The van der Waals surface area contributed by atoms with Crippen molar-refractivity contribution in [2.24, 2.45) is 7.05 Å². The van der Waals surface area contributed by atoms with Crippen LogP contribution >= 0.6 is 11.8 Å². The molecule has 0 spiro atoms. The van der Waals surface area contributed by atoms with Gasteiger partial charge in [-0.05, 0) is 16.7 Å². The van der Waals surface area contributed by atoms with E-state index in [-0.39, 0.29) is 24.7 Å². The first-order valence-electron chi connectivity index (χ1n) is 11.0. The predicted molar refractivity (Wildman–Crippen MR) is 126 cm³/mol. The number of hydrogen-bond donors (Lipinski definition) is 2. The van der Waals surface area contributed by atoms with E-state index in [1.54, 1.807) is 18.0 Å². The summed E-state index contributed by atoms with van der Waals surface area (Å²) < 4.78 is 14.7. The quantitative estimate of drug-likeness (QED) is 0.489. The van der Waals surface area contributed by atoms with Crippen LogP contribution in [0.3, 0.4) is 0 Å². The standard InChI is InChI=1S/C25H29N3O4S/c1-17(30)27-14-18-3-9-21(10-4-18)24-31-22(16-33-25-26-11-12-28(25)2)13-23(32-24)20-7-5-19(15-29)6-8-20/h3-12,22-24,29H,13-16H2,1-2H3,(H,27,30)/t22-,23+,24+/m1/s1. The van der Waals surface area contributed by atoms with Crippen molar-refractivity contribution in [2.45, 2.75) is 50.2 Å². The average Bonchev–Trinajstić information content (AvgIpc) is 3.26. The van der Waals surface area contributed by atoms with Crippen LogP contribution in [0.25, 0.3) is 0 Å². The highest BCUT2D eigenvalue weighted by Crippen LogP contribution is 2.39. The van der Waals surface area contributed by atoms with Gasteiger partial charge in [0.2, 0.25) is 5.91 Å². The van der Waals surface area contributed by atoms with E-state index in [0.29, 0.717) is 6.54 Å². The van der Waals surface area contributed by atoms with Gasteiger partial charge >= 0.3 is 0 Å². The summed E-state index contributed by atoms with van der Waals surface area (Å²) in [6.07, 6.45) is 3.82. The summed E-state index contributed by atoms with van der Waals surface area (Å²) >= 11 is 1.67. The molecule has 2 heterocycles. The molecule has 174 valence electrons. The zero-order valence-corrected chi connectivity index (χ0v) is 19.6. The molecule has 1 aromatic heterocycles. The van der Waals surface area contributed by atoms with Crippen molar-refractivity contribution in [3.63, 3.8) is 0 Å². The van der Waals surface area contributed by atoms with Gasteiger partial charge in [0.1, 0.15) is 0 Å². The van der Waals surface area contributed by atoms with Crippen LogP contribution in [0.4, 0.5) is 0 Å². The monoisotopic (exact) mass is 467 g/mol. The van der Waals surface area contributed by atoms with Crippen LogP contribution in [0.5, 0.6) is 0 Å². The third-order valence-corrected chi connectivity index (χ3v) is 6.77. The number of carbonyl (C=O) groups excluding carboxylic acids is 1. The Balaban J connectivity index is 1.50. The Morgan fingerprint density at radius 2 is 1.82 bits per heavy atom. The zero-order chi connectivity index (χ0) is 23.2. The third kappa shape index (κ3) is 6.23. The molecule has 0 aliphatic carbocycles. The van der Waals surface area contributed by atoms with Crippen molar-refractivity contribution in [3.05, 3.63) is 83.2 Å². The molecule has 0 radical (unpaired) electrons. The van der Waals surface area contributed by atoms with Crippen molar-refractivity contribution in [3.8, 4) is 0 Å². The summed E-state index contributed by atoms with van der Waals surface area (Å²) in [7, 11) is 1.98. The molecule has 1 saturated heterocycles. The van der Waals surface area contributed by atoms with Gasteiger partial charge in [0.15, 0.2) is 11.4 Å². The number of carbonyl (C=O) groups is 1. The average molecular weight is 468 g/mol. The predicted octanol–water partition coefficient (Wildman–Crippen LogP) is 3.89. The number of rotatable bonds is 8. The van der Waals surface area contributed by atoms with E-state index in [4.69, 9.17) is 9.47 Å². The minimum absolute atomic E-state index is 0.0192. The lowest BCUT2D eigenvalue weighted by Crippen LogP contribution is -2.31. The van der Waals surface area contributed by atoms with Crippen molar-refractivity contribution in [1.29, 1.82) is 0 Å². The Hall–Kier alpha value is -2.65. The lowest BCUT2D eigenvalue weighted by atomic mass is 10.0. The van der Waals surface area contributed by atoms with Crippen LogP contribution < -0.4 is 5.32 Å². The van der Waals surface area contributed by atoms with Crippen molar-refractivity contribution in [2.75, 3.05) is 5.75 Å². The number of nitrogens with zero attached hydrogens (tertiary/aromatic N) is 2. The van der Waals surface area contributed by atoms with E-state index >= 15 is 0 Å². The number of benzene rings is 2. The van der Waals surface area contributed by atoms with Crippen LogP contribution in [-0.4, -0.2) is 32.4 Å². The van der Waals surface area contributed by atoms with E-state index in [2.05, 4.69) is 10.3 Å². The molecule has 1 aliphatic rings. The number of aryl methyl sites for hydroxylation is 1. The molecular weight excluding hydrogens is 438 g/mol. The molecule has 2 N–H and O–H groups in total. The molecule has 33 heavy (non-hydrogen) atoms. The van der Waals surface area contributed by atoms with Crippen LogP contribution in [-0.2, 0) is 34.5 Å². The topological polar surface area (TPSA) is 85.6 Å². The summed E-state index contributed by atoms with van der Waals surface area (Å²) in [6.45, 7) is 2.02.